The number of methoxy groups -OCH3 is 2. The number of nitrogens with one attached hydrogen (secondary N) is 2. The third-order valence-electron chi connectivity index (χ3n) is 11.3. The molecule has 0 atom stereocenters. The Bertz CT molecular complexity index is 3780. The van der Waals surface area contributed by atoms with E-state index in [2.05, 4.69) is 50.3 Å². The number of aryl methyl sites for hydroxylation is 4. The Balaban J connectivity index is 0.00000110. The number of halogens is 4. The van der Waals surface area contributed by atoms with Gasteiger partial charge >= 0.3 is 21.7 Å². The molecule has 8 aromatic rings. The Labute approximate surface area is 538 Å². The number of nitro benzene ring substituents is 4. The molecule has 504 valence electrons. The monoisotopic (exact) mass is 1380 g/mol. The van der Waals surface area contributed by atoms with Gasteiger partial charge in [0.05, 0.1) is 118 Å². The topological polar surface area (TPSA) is 375 Å². The molecular weight excluding hydrogens is 1300 g/mol. The zero-order chi connectivity index (χ0) is 65.7. The number of non-ortho nitro benzene ring substituents is 4. The number of aromatic amines is 1. The fourth-order valence-electron chi connectivity index (χ4n) is 7.32. The highest BCUT2D eigenvalue weighted by atomic mass is 79.9. The van der Waals surface area contributed by atoms with Crippen LogP contribution in [0.3, 0.4) is 0 Å². The van der Waals surface area contributed by atoms with Crippen LogP contribution in [0.5, 0.6) is 23.0 Å². The molecule has 0 bridgehead atoms. The van der Waals surface area contributed by atoms with Gasteiger partial charge in [-0.15, -0.1) is 0 Å². The van der Waals surface area contributed by atoms with E-state index >= 15 is 0 Å². The van der Waals surface area contributed by atoms with E-state index in [0.717, 1.165) is 48.1 Å². The second-order valence-electron chi connectivity index (χ2n) is 19.6. The number of nitro groups is 4. The molecule has 3 N–H and O–H groups in total. The van der Waals surface area contributed by atoms with Crippen molar-refractivity contribution in [2.45, 2.75) is 127 Å². The second kappa shape index (κ2) is 37.2. The maximum absolute atomic E-state index is 12.3. The SMILES string of the molecule is C.C.C.C.CC(C)(C)OC(=O)NC1CCCCC1.COc1cc(-n2cnc(C)c2)cc([N+](=O)[O-])c1.COc1cc(Br)cc([N+](=O)[O-])c1.Cc1cn(-c2cc(O)cc([N+](=O)[O-])c2)cn1.Cc1cn(-c2cc(OS(=O)(=O)C(F)(F)F)cc([N+](=O)[O-])c2)cn1.Cc1cnc[nH]1. The molecule has 29 nitrogen and oxygen atoms in total. The molecule has 0 radical (unpaired) electrons. The lowest BCUT2D eigenvalue weighted by atomic mass is 9.96. The summed E-state index contributed by atoms with van der Waals surface area (Å²) in [4.78, 5) is 70.2. The van der Waals surface area contributed by atoms with Crippen LogP contribution in [0.25, 0.3) is 17.1 Å². The molecule has 1 fully saturated rings. The summed E-state index contributed by atoms with van der Waals surface area (Å²) >= 11 is 3.14. The van der Waals surface area contributed by atoms with Crippen molar-refractivity contribution in [2.24, 2.45) is 0 Å². The number of imidazole rings is 4. The smallest absolute Gasteiger partial charge is 0.508 e. The number of H-pyrrole nitrogens is 1. The maximum Gasteiger partial charge on any atom is 0.534 e. The number of benzene rings is 4. The molecule has 92 heavy (non-hydrogen) atoms. The molecule has 4 heterocycles. The van der Waals surface area contributed by atoms with Gasteiger partial charge in [-0.1, -0.05) is 64.9 Å². The van der Waals surface area contributed by atoms with Gasteiger partial charge in [-0.2, -0.15) is 21.6 Å². The summed E-state index contributed by atoms with van der Waals surface area (Å²) in [6.07, 6.45) is 18.5. The third-order valence-corrected chi connectivity index (χ3v) is 12.7. The number of aromatic nitrogens is 8. The molecule has 34 heteroatoms. The maximum atomic E-state index is 12.3. The Hall–Kier alpha value is -9.99. The number of alkyl carbamates (subject to hydrolysis) is 1. The van der Waals surface area contributed by atoms with Gasteiger partial charge < -0.3 is 47.5 Å². The number of aromatic hydroxyl groups is 1. The Kier molecular flexibility index (Phi) is 33.2. The number of ether oxygens (including phenoxy) is 3. The van der Waals surface area contributed by atoms with E-state index < -0.39 is 52.4 Å². The average molecular weight is 1380 g/mol. The number of hydrogen-bond acceptors (Lipinski definition) is 20. The van der Waals surface area contributed by atoms with Crippen molar-refractivity contribution in [3.05, 3.63) is 191 Å². The summed E-state index contributed by atoms with van der Waals surface area (Å²) in [7, 11) is -3.00. The highest BCUT2D eigenvalue weighted by Gasteiger charge is 2.48. The van der Waals surface area contributed by atoms with Crippen LogP contribution in [0.4, 0.5) is 40.7 Å². The van der Waals surface area contributed by atoms with Crippen molar-refractivity contribution in [3.8, 4) is 40.1 Å². The van der Waals surface area contributed by atoms with E-state index in [1.54, 1.807) is 59.4 Å². The molecule has 1 amide bonds. The van der Waals surface area contributed by atoms with E-state index in [0.29, 0.717) is 45.1 Å². The molecule has 9 rings (SSSR count). The number of phenolic OH excluding ortho intramolecular Hbond substituents is 1. The number of nitrogens with zero attached hydrogens (tertiary/aromatic N) is 11. The molecule has 0 aliphatic heterocycles. The van der Waals surface area contributed by atoms with Gasteiger partial charge in [0.2, 0.25) is 0 Å². The van der Waals surface area contributed by atoms with Crippen LogP contribution >= 0.6 is 15.9 Å². The molecule has 0 saturated heterocycles. The minimum atomic E-state index is -5.93. The van der Waals surface area contributed by atoms with Crippen molar-refractivity contribution in [3.63, 3.8) is 0 Å². The van der Waals surface area contributed by atoms with Crippen LogP contribution < -0.4 is 19.0 Å². The van der Waals surface area contributed by atoms with Gasteiger partial charge in [-0.05, 0) is 67.4 Å². The summed E-state index contributed by atoms with van der Waals surface area (Å²) in [6, 6.07) is 15.8. The number of rotatable bonds is 12. The fraction of sp³-hybridized carbons (Fsp3) is 0.362. The zero-order valence-corrected chi connectivity index (χ0v) is 51.0. The van der Waals surface area contributed by atoms with Crippen LogP contribution in [0.15, 0.2) is 127 Å². The molecule has 4 aromatic carbocycles. The predicted molar refractivity (Wildman–Crippen MR) is 343 cm³/mol. The van der Waals surface area contributed by atoms with E-state index in [9.17, 15) is 71.9 Å². The summed E-state index contributed by atoms with van der Waals surface area (Å²) in [5.74, 6) is -0.0648. The normalized spacial score (nSPS) is 11.4. The average Bonchev–Trinajstić information content (AvgIpc) is 1.18. The van der Waals surface area contributed by atoms with Crippen molar-refractivity contribution in [2.75, 3.05) is 14.2 Å². The van der Waals surface area contributed by atoms with Crippen molar-refractivity contribution < 1.29 is 69.6 Å². The van der Waals surface area contributed by atoms with Crippen LogP contribution in [-0.2, 0) is 14.9 Å². The summed E-state index contributed by atoms with van der Waals surface area (Å²) < 4.78 is 83.3. The molecule has 1 aliphatic carbocycles. The van der Waals surface area contributed by atoms with Crippen molar-refractivity contribution in [1.82, 2.24) is 43.9 Å². The van der Waals surface area contributed by atoms with Crippen molar-refractivity contribution in [1.29, 1.82) is 0 Å². The summed E-state index contributed by atoms with van der Waals surface area (Å²) in [5, 5.41) is 54.9. The minimum absolute atomic E-state index is 0. The second-order valence-corrected chi connectivity index (χ2v) is 22.1. The first-order valence-corrected chi connectivity index (χ1v) is 27.9. The van der Waals surface area contributed by atoms with Gasteiger partial charge in [0, 0.05) is 83.5 Å². The molecule has 1 saturated carbocycles. The molecule has 4 aromatic heterocycles. The number of carbonyl (C=O) groups is 1. The van der Waals surface area contributed by atoms with E-state index in [1.165, 1.54) is 93.3 Å². The van der Waals surface area contributed by atoms with Crippen molar-refractivity contribution >= 4 is 54.9 Å². The number of carbonyl (C=O) groups excluding carboxylic acids is 1. The quantitative estimate of drug-likeness (QED) is 0.0442. The molecule has 0 unspecified atom stereocenters. The predicted octanol–water partition coefficient (Wildman–Crippen LogP) is 14.7. The van der Waals surface area contributed by atoms with Crippen LogP contribution in [-0.4, -0.2) is 109 Å². The van der Waals surface area contributed by atoms with Gasteiger partial charge in [0.15, 0.2) is 5.75 Å². The molecule has 1 aliphatic rings. The minimum Gasteiger partial charge on any atom is -0.508 e. The number of amides is 1. The number of hydrogen-bond donors (Lipinski definition) is 3. The lowest BCUT2D eigenvalue weighted by Crippen LogP contribution is -2.39. The van der Waals surface area contributed by atoms with Gasteiger partial charge in [0.1, 0.15) is 22.8 Å². The number of phenols is 1. The largest absolute Gasteiger partial charge is 0.534 e. The van der Waals surface area contributed by atoms with Crippen LogP contribution in [0, 0.1) is 68.2 Å². The third kappa shape index (κ3) is 27.4. The molecular formula is C58H77BrF3N13O16S. The van der Waals surface area contributed by atoms with Gasteiger partial charge in [0.25, 0.3) is 22.7 Å². The standard InChI is InChI=1S/C11H8F3N3O5S.C11H11N3O3.C11H21NO2.C10H9N3O3.C7H6BrNO3.C4H6N2.4CH4/c1-7-5-16(6-15-7)8-2-9(17(18)19)4-10(3-8)22-23(20,21)11(12,13)14;1-8-6-13(7-12-8)9-3-10(14(15)16)5-11(4-9)17-2;1-11(2,3)14-10(13)12-9-7-5-4-6-8-9;1-7-5-12(6-11-7)8-2-9(13(15)16)4-10(14)3-8;1-12-7-3-5(8)2-6(4-7)9(10)11;1-4-2-5-3-6-4;;;;/h2-6H,1H3;3-7H,1-2H3;9H,4-8H2,1-3H3,(H,12,13);2-6,14H,1H3;2-4H,1H3;2-3H,1H3,(H,5,6);4*1H4. The van der Waals surface area contributed by atoms with Gasteiger partial charge in [-0.25, -0.2) is 24.7 Å². The summed E-state index contributed by atoms with van der Waals surface area (Å²) in [5.41, 5.74) is -2.36. The first kappa shape index (κ1) is 82.0. The first-order valence-electron chi connectivity index (χ1n) is 25.7. The summed E-state index contributed by atoms with van der Waals surface area (Å²) in [6.45, 7) is 12.9. The van der Waals surface area contributed by atoms with Crippen LogP contribution in [0.2, 0.25) is 0 Å². The first-order chi connectivity index (χ1) is 41.1. The van der Waals surface area contributed by atoms with E-state index in [1.807, 2.05) is 41.5 Å². The zero-order valence-electron chi connectivity index (χ0n) is 48.6. The lowest BCUT2D eigenvalue weighted by Gasteiger charge is -2.25. The van der Waals surface area contributed by atoms with E-state index in [-0.39, 0.29) is 64.3 Å². The highest BCUT2D eigenvalue weighted by Crippen LogP contribution is 2.32. The van der Waals surface area contributed by atoms with Gasteiger partial charge in [-0.3, -0.25) is 40.5 Å². The Morgan fingerprint density at radius 3 is 1.37 bits per heavy atom. The Morgan fingerprint density at radius 1 is 0.630 bits per heavy atom. The van der Waals surface area contributed by atoms with Crippen LogP contribution in [0.1, 0.15) is 105 Å². The lowest BCUT2D eigenvalue weighted by molar-refractivity contribution is -0.385. The Morgan fingerprint density at radius 2 is 1.02 bits per heavy atom. The fourth-order valence-corrected chi connectivity index (χ4v) is 8.23. The number of alkyl halides is 3. The molecule has 0 spiro atoms. The van der Waals surface area contributed by atoms with E-state index in [4.69, 9.17) is 14.2 Å². The highest BCUT2D eigenvalue weighted by molar-refractivity contribution is 9.10.